The summed E-state index contributed by atoms with van der Waals surface area (Å²) in [5.74, 6) is 1.63. The van der Waals surface area contributed by atoms with E-state index in [4.69, 9.17) is 4.98 Å². The van der Waals surface area contributed by atoms with Crippen molar-refractivity contribution in [3.63, 3.8) is 0 Å². The molecule has 0 atom stereocenters. The van der Waals surface area contributed by atoms with Crippen molar-refractivity contribution in [1.29, 1.82) is 0 Å². The second-order valence-electron chi connectivity index (χ2n) is 6.57. The molecular weight excluding hydrogens is 322 g/mol. The molecule has 8 heteroatoms. The van der Waals surface area contributed by atoms with Crippen LogP contribution in [-0.4, -0.2) is 44.4 Å². The average Bonchev–Trinajstić information content (AvgIpc) is 3.18. The van der Waals surface area contributed by atoms with E-state index in [1.54, 1.807) is 10.8 Å². The molecule has 0 bridgehead atoms. The third kappa shape index (κ3) is 2.50. The molecule has 3 aromatic rings. The van der Waals surface area contributed by atoms with Crippen LogP contribution in [-0.2, 0) is 12.8 Å². The standard InChI is InChI=1S/C16H19N7S/c1-2-4-13-12(3-1)19-16(24-13)17-7-11-8-22(9-11)15-6-5-14-20-18-10-23(14)21-15/h5-6,10-11H,1-4,7-9H2,(H,17,19). The molecule has 1 N–H and O–H groups in total. The Morgan fingerprint density at radius 2 is 2.12 bits per heavy atom. The molecule has 1 aliphatic heterocycles. The Labute approximate surface area is 143 Å². The molecule has 4 heterocycles. The van der Waals surface area contributed by atoms with Crippen molar-refractivity contribution >= 4 is 27.9 Å². The minimum absolute atomic E-state index is 0.643. The number of hydrogen-bond acceptors (Lipinski definition) is 7. The second kappa shape index (κ2) is 5.70. The van der Waals surface area contributed by atoms with Gasteiger partial charge in [0.25, 0.3) is 0 Å². The van der Waals surface area contributed by atoms with Gasteiger partial charge in [-0.3, -0.25) is 0 Å². The number of anilines is 2. The third-order valence-corrected chi connectivity index (χ3v) is 5.93. The predicted molar refractivity (Wildman–Crippen MR) is 93.7 cm³/mol. The number of thiazole rings is 1. The fourth-order valence-corrected chi connectivity index (χ4v) is 4.49. The molecule has 3 aromatic heterocycles. The van der Waals surface area contributed by atoms with Crippen molar-refractivity contribution in [2.24, 2.45) is 5.92 Å². The summed E-state index contributed by atoms with van der Waals surface area (Å²) in [5, 5.41) is 17.0. The minimum Gasteiger partial charge on any atom is -0.361 e. The van der Waals surface area contributed by atoms with Crippen LogP contribution in [0.2, 0.25) is 0 Å². The number of aromatic nitrogens is 5. The number of hydrogen-bond donors (Lipinski definition) is 1. The summed E-state index contributed by atoms with van der Waals surface area (Å²) in [6, 6.07) is 3.98. The van der Waals surface area contributed by atoms with E-state index in [1.165, 1.54) is 29.8 Å². The van der Waals surface area contributed by atoms with Gasteiger partial charge in [-0.1, -0.05) is 0 Å². The van der Waals surface area contributed by atoms with E-state index in [2.05, 4.69) is 25.5 Å². The van der Waals surface area contributed by atoms with Crippen molar-refractivity contribution in [2.45, 2.75) is 25.7 Å². The quantitative estimate of drug-likeness (QED) is 0.783. The van der Waals surface area contributed by atoms with Gasteiger partial charge in [-0.05, 0) is 37.8 Å². The van der Waals surface area contributed by atoms with Crippen LogP contribution in [0.3, 0.4) is 0 Å². The van der Waals surface area contributed by atoms with Crippen molar-refractivity contribution in [1.82, 2.24) is 24.8 Å². The van der Waals surface area contributed by atoms with Crippen LogP contribution in [0.4, 0.5) is 10.9 Å². The van der Waals surface area contributed by atoms with Gasteiger partial charge in [0, 0.05) is 30.4 Å². The zero-order chi connectivity index (χ0) is 15.9. The van der Waals surface area contributed by atoms with E-state index in [0.29, 0.717) is 5.92 Å². The first kappa shape index (κ1) is 14.2. The van der Waals surface area contributed by atoms with Crippen LogP contribution in [0, 0.1) is 5.92 Å². The van der Waals surface area contributed by atoms with Gasteiger partial charge in [0.1, 0.15) is 12.1 Å². The summed E-state index contributed by atoms with van der Waals surface area (Å²) in [4.78, 5) is 8.53. The SMILES string of the molecule is c1cc2nncn2nc1N1CC(CNc2nc3c(s2)CCCC3)C1. The van der Waals surface area contributed by atoms with Gasteiger partial charge >= 0.3 is 0 Å². The lowest BCUT2D eigenvalue weighted by Crippen LogP contribution is -2.50. The lowest BCUT2D eigenvalue weighted by Gasteiger charge is -2.40. The van der Waals surface area contributed by atoms with E-state index < -0.39 is 0 Å². The van der Waals surface area contributed by atoms with Gasteiger partial charge in [0.2, 0.25) is 0 Å². The number of fused-ring (bicyclic) bond motifs is 2. The van der Waals surface area contributed by atoms with Crippen LogP contribution >= 0.6 is 11.3 Å². The number of aryl methyl sites for hydroxylation is 2. The van der Waals surface area contributed by atoms with Crippen LogP contribution in [0.15, 0.2) is 18.5 Å². The van der Waals surface area contributed by atoms with E-state index in [-0.39, 0.29) is 0 Å². The van der Waals surface area contributed by atoms with Gasteiger partial charge < -0.3 is 10.2 Å². The first-order chi connectivity index (χ1) is 11.8. The second-order valence-corrected chi connectivity index (χ2v) is 7.66. The predicted octanol–water partition coefficient (Wildman–Crippen LogP) is 2.01. The van der Waals surface area contributed by atoms with E-state index in [0.717, 1.165) is 42.7 Å². The van der Waals surface area contributed by atoms with Crippen LogP contribution < -0.4 is 10.2 Å². The zero-order valence-corrected chi connectivity index (χ0v) is 14.2. The summed E-state index contributed by atoms with van der Waals surface area (Å²) in [7, 11) is 0. The Morgan fingerprint density at radius 3 is 3.04 bits per heavy atom. The van der Waals surface area contributed by atoms with E-state index >= 15 is 0 Å². The Hall–Kier alpha value is -2.22. The highest BCUT2D eigenvalue weighted by Gasteiger charge is 2.28. The Morgan fingerprint density at radius 1 is 1.21 bits per heavy atom. The van der Waals surface area contributed by atoms with Gasteiger partial charge in [-0.2, -0.15) is 4.52 Å². The van der Waals surface area contributed by atoms with E-state index in [1.807, 2.05) is 23.5 Å². The van der Waals surface area contributed by atoms with Crippen LogP contribution in [0.25, 0.3) is 5.65 Å². The molecule has 2 aliphatic rings. The fraction of sp³-hybridized carbons (Fsp3) is 0.500. The van der Waals surface area contributed by atoms with Crippen molar-refractivity contribution in [3.05, 3.63) is 29.0 Å². The molecule has 5 rings (SSSR count). The largest absolute Gasteiger partial charge is 0.361 e. The maximum absolute atomic E-state index is 4.75. The minimum atomic E-state index is 0.643. The summed E-state index contributed by atoms with van der Waals surface area (Å²) in [5.41, 5.74) is 2.11. The third-order valence-electron chi connectivity index (χ3n) is 4.82. The molecule has 1 saturated heterocycles. The Kier molecular flexibility index (Phi) is 3.36. The summed E-state index contributed by atoms with van der Waals surface area (Å²) in [6.07, 6.45) is 6.61. The molecule has 7 nitrogen and oxygen atoms in total. The average molecular weight is 341 g/mol. The number of rotatable bonds is 4. The molecule has 0 aromatic carbocycles. The highest BCUT2D eigenvalue weighted by Crippen LogP contribution is 2.30. The van der Waals surface area contributed by atoms with Crippen LogP contribution in [0.5, 0.6) is 0 Å². The fourth-order valence-electron chi connectivity index (χ4n) is 3.43. The Bertz CT molecular complexity index is 841. The summed E-state index contributed by atoms with van der Waals surface area (Å²) < 4.78 is 1.72. The van der Waals surface area contributed by atoms with Gasteiger partial charge in [-0.25, -0.2) is 4.98 Å². The highest BCUT2D eigenvalue weighted by atomic mass is 32.1. The molecular formula is C16H19N7S. The van der Waals surface area contributed by atoms with Crippen molar-refractivity contribution in [2.75, 3.05) is 29.9 Å². The lowest BCUT2D eigenvalue weighted by molar-refractivity contribution is 0.425. The summed E-state index contributed by atoms with van der Waals surface area (Å²) >= 11 is 1.85. The number of nitrogens with one attached hydrogen (secondary N) is 1. The smallest absolute Gasteiger partial charge is 0.183 e. The van der Waals surface area contributed by atoms with Crippen LogP contribution in [0.1, 0.15) is 23.4 Å². The zero-order valence-electron chi connectivity index (χ0n) is 13.4. The monoisotopic (exact) mass is 341 g/mol. The summed E-state index contributed by atoms with van der Waals surface area (Å²) in [6.45, 7) is 3.04. The Balaban J connectivity index is 1.17. The molecule has 1 fully saturated rings. The molecule has 0 unspecified atom stereocenters. The molecule has 24 heavy (non-hydrogen) atoms. The van der Waals surface area contributed by atoms with Crippen molar-refractivity contribution < 1.29 is 0 Å². The van der Waals surface area contributed by atoms with Crippen molar-refractivity contribution in [3.8, 4) is 0 Å². The highest BCUT2D eigenvalue weighted by molar-refractivity contribution is 7.15. The van der Waals surface area contributed by atoms with Gasteiger partial charge in [-0.15, -0.1) is 26.6 Å². The molecule has 1 aliphatic carbocycles. The lowest BCUT2D eigenvalue weighted by atomic mass is 10.0. The normalized spacial score (nSPS) is 17.8. The topological polar surface area (TPSA) is 71.2 Å². The molecule has 0 spiro atoms. The maximum atomic E-state index is 4.75. The van der Waals surface area contributed by atoms with Gasteiger partial charge in [0.05, 0.1) is 5.69 Å². The maximum Gasteiger partial charge on any atom is 0.183 e. The molecule has 124 valence electrons. The van der Waals surface area contributed by atoms with Gasteiger partial charge in [0.15, 0.2) is 10.8 Å². The molecule has 0 saturated carbocycles. The molecule has 0 amide bonds. The molecule has 0 radical (unpaired) electrons. The first-order valence-electron chi connectivity index (χ1n) is 8.49. The first-order valence-corrected chi connectivity index (χ1v) is 9.31. The number of nitrogens with zero attached hydrogens (tertiary/aromatic N) is 6. The van der Waals surface area contributed by atoms with E-state index in [9.17, 15) is 0 Å².